The van der Waals surface area contributed by atoms with Gasteiger partial charge in [-0.15, -0.1) is 0 Å². The molecule has 4 nitrogen and oxygen atoms in total. The third kappa shape index (κ3) is 2.66. The second kappa shape index (κ2) is 5.44. The first-order chi connectivity index (χ1) is 9.63. The molecule has 1 aromatic heterocycles. The van der Waals surface area contributed by atoms with E-state index in [2.05, 4.69) is 17.1 Å². The van der Waals surface area contributed by atoms with Crippen LogP contribution in [0, 0.1) is 5.92 Å². The molecule has 1 fully saturated rings. The summed E-state index contributed by atoms with van der Waals surface area (Å²) in [4.78, 5) is 4.52. The fourth-order valence-electron chi connectivity index (χ4n) is 2.89. The highest BCUT2D eigenvalue weighted by molar-refractivity contribution is 6.33. The van der Waals surface area contributed by atoms with Crippen LogP contribution in [0.2, 0.25) is 5.02 Å². The Morgan fingerprint density at radius 2 is 2.20 bits per heavy atom. The van der Waals surface area contributed by atoms with Crippen LogP contribution >= 0.6 is 11.6 Å². The summed E-state index contributed by atoms with van der Waals surface area (Å²) in [5.74, 6) is 2.38. The predicted octanol–water partition coefficient (Wildman–Crippen LogP) is 4.27. The summed E-state index contributed by atoms with van der Waals surface area (Å²) in [5.41, 5.74) is 7.12. The van der Waals surface area contributed by atoms with Crippen molar-refractivity contribution in [3.8, 4) is 11.5 Å². The van der Waals surface area contributed by atoms with Crippen molar-refractivity contribution >= 4 is 17.3 Å². The first-order valence-electron chi connectivity index (χ1n) is 7.02. The van der Waals surface area contributed by atoms with E-state index in [1.807, 2.05) is 0 Å². The monoisotopic (exact) mass is 291 g/mol. The third-order valence-corrected chi connectivity index (χ3v) is 4.29. The van der Waals surface area contributed by atoms with E-state index < -0.39 is 0 Å². The highest BCUT2D eigenvalue weighted by Crippen LogP contribution is 2.36. The number of nitrogens with zero attached hydrogens (tertiary/aromatic N) is 2. The van der Waals surface area contributed by atoms with Crippen molar-refractivity contribution in [2.75, 3.05) is 5.73 Å². The maximum Gasteiger partial charge on any atom is 0.259 e. The minimum atomic E-state index is 0.399. The minimum Gasteiger partial charge on any atom is -0.399 e. The average molecular weight is 292 g/mol. The lowest BCUT2D eigenvalue weighted by molar-refractivity contribution is 0.324. The molecule has 0 amide bonds. The zero-order valence-corrected chi connectivity index (χ0v) is 12.2. The van der Waals surface area contributed by atoms with Crippen molar-refractivity contribution in [3.05, 3.63) is 29.0 Å². The van der Waals surface area contributed by atoms with Gasteiger partial charge in [-0.05, 0) is 37.0 Å². The lowest BCUT2D eigenvalue weighted by atomic mass is 9.82. The summed E-state index contributed by atoms with van der Waals surface area (Å²) < 4.78 is 5.37. The van der Waals surface area contributed by atoms with E-state index in [1.165, 1.54) is 12.8 Å². The Labute approximate surface area is 123 Å². The summed E-state index contributed by atoms with van der Waals surface area (Å²) in [5, 5.41) is 4.71. The molecule has 0 saturated heterocycles. The molecule has 106 valence electrons. The molecule has 1 heterocycles. The Morgan fingerprint density at radius 1 is 1.35 bits per heavy atom. The molecular formula is C15H18ClN3O. The van der Waals surface area contributed by atoms with Crippen molar-refractivity contribution in [2.45, 2.75) is 38.5 Å². The second-order valence-corrected chi connectivity index (χ2v) is 6.07. The molecule has 5 heteroatoms. The number of nitrogen functional groups attached to an aromatic ring is 1. The number of halogens is 1. The Kier molecular flexibility index (Phi) is 3.66. The minimum absolute atomic E-state index is 0.399. The lowest BCUT2D eigenvalue weighted by Crippen LogP contribution is -2.12. The first-order valence-corrected chi connectivity index (χ1v) is 7.40. The number of nitrogens with two attached hydrogens (primary N) is 1. The van der Waals surface area contributed by atoms with Crippen LogP contribution in [-0.2, 0) is 0 Å². The van der Waals surface area contributed by atoms with E-state index in [9.17, 15) is 0 Å². The van der Waals surface area contributed by atoms with Gasteiger partial charge in [0.05, 0.1) is 10.6 Å². The van der Waals surface area contributed by atoms with E-state index in [0.717, 1.165) is 24.6 Å². The number of aromatic nitrogens is 2. The number of hydrogen-bond donors (Lipinski definition) is 1. The molecule has 2 unspecified atom stereocenters. The summed E-state index contributed by atoms with van der Waals surface area (Å²) in [6, 6.07) is 5.27. The van der Waals surface area contributed by atoms with Crippen molar-refractivity contribution in [3.63, 3.8) is 0 Å². The lowest BCUT2D eigenvalue weighted by Gasteiger charge is -2.23. The fraction of sp³-hybridized carbons (Fsp3) is 0.467. The molecule has 1 aromatic carbocycles. The summed E-state index contributed by atoms with van der Waals surface area (Å²) in [6.07, 6.45) is 4.79. The van der Waals surface area contributed by atoms with Gasteiger partial charge in [-0.25, -0.2) is 0 Å². The molecule has 0 spiro atoms. The Morgan fingerprint density at radius 3 is 3.00 bits per heavy atom. The van der Waals surface area contributed by atoms with Gasteiger partial charge in [-0.1, -0.05) is 36.5 Å². The Bertz CT molecular complexity index is 611. The number of hydrogen-bond acceptors (Lipinski definition) is 4. The van der Waals surface area contributed by atoms with Gasteiger partial charge in [-0.2, -0.15) is 4.98 Å². The molecule has 2 N–H and O–H groups in total. The standard InChI is InChI=1S/C15H18ClN3O/c1-9-3-2-4-10(7-9)14-18-15(20-19-14)12-8-11(17)5-6-13(12)16/h5-6,8-10H,2-4,7,17H2,1H3. The van der Waals surface area contributed by atoms with Crippen LogP contribution in [-0.4, -0.2) is 10.1 Å². The summed E-state index contributed by atoms with van der Waals surface area (Å²) in [6.45, 7) is 2.28. The number of anilines is 1. The SMILES string of the molecule is CC1CCCC(c2noc(-c3cc(N)ccc3Cl)n2)C1. The van der Waals surface area contributed by atoms with Crippen LogP contribution in [0.4, 0.5) is 5.69 Å². The molecule has 3 rings (SSSR count). The quantitative estimate of drug-likeness (QED) is 0.839. The van der Waals surface area contributed by atoms with Gasteiger partial charge in [0.1, 0.15) is 0 Å². The summed E-state index contributed by atoms with van der Waals surface area (Å²) in [7, 11) is 0. The van der Waals surface area contributed by atoms with E-state index in [-0.39, 0.29) is 0 Å². The second-order valence-electron chi connectivity index (χ2n) is 5.67. The maximum absolute atomic E-state index is 6.17. The molecule has 1 aliphatic carbocycles. The zero-order chi connectivity index (χ0) is 14.1. The van der Waals surface area contributed by atoms with Gasteiger partial charge in [0, 0.05) is 11.6 Å². The summed E-state index contributed by atoms with van der Waals surface area (Å²) >= 11 is 6.17. The van der Waals surface area contributed by atoms with Gasteiger partial charge < -0.3 is 10.3 Å². The van der Waals surface area contributed by atoms with Gasteiger partial charge >= 0.3 is 0 Å². The van der Waals surface area contributed by atoms with Gasteiger partial charge in [0.25, 0.3) is 5.89 Å². The molecule has 1 saturated carbocycles. The van der Waals surface area contributed by atoms with Crippen molar-refractivity contribution < 1.29 is 4.52 Å². The van der Waals surface area contributed by atoms with Crippen LogP contribution in [0.3, 0.4) is 0 Å². The van der Waals surface area contributed by atoms with E-state index in [4.69, 9.17) is 21.9 Å². The van der Waals surface area contributed by atoms with Crippen LogP contribution < -0.4 is 5.73 Å². The maximum atomic E-state index is 6.17. The van der Waals surface area contributed by atoms with Crippen LogP contribution in [0.25, 0.3) is 11.5 Å². The number of benzene rings is 1. The van der Waals surface area contributed by atoms with E-state index in [1.54, 1.807) is 18.2 Å². The highest BCUT2D eigenvalue weighted by Gasteiger charge is 2.25. The van der Waals surface area contributed by atoms with Crippen LogP contribution in [0.1, 0.15) is 44.3 Å². The predicted molar refractivity (Wildman–Crippen MR) is 79.5 cm³/mol. The third-order valence-electron chi connectivity index (χ3n) is 3.96. The average Bonchev–Trinajstić information content (AvgIpc) is 2.91. The molecule has 0 aliphatic heterocycles. The molecule has 2 atom stereocenters. The first kappa shape index (κ1) is 13.4. The van der Waals surface area contributed by atoms with Crippen molar-refractivity contribution in [1.29, 1.82) is 0 Å². The number of rotatable bonds is 2. The van der Waals surface area contributed by atoms with E-state index in [0.29, 0.717) is 28.1 Å². The molecule has 0 radical (unpaired) electrons. The molecule has 2 aromatic rings. The molecule has 20 heavy (non-hydrogen) atoms. The molecule has 0 bridgehead atoms. The van der Waals surface area contributed by atoms with Crippen LogP contribution in [0.5, 0.6) is 0 Å². The van der Waals surface area contributed by atoms with Gasteiger partial charge in [0.2, 0.25) is 0 Å². The van der Waals surface area contributed by atoms with Crippen LogP contribution in [0.15, 0.2) is 22.7 Å². The molecular weight excluding hydrogens is 274 g/mol. The van der Waals surface area contributed by atoms with E-state index >= 15 is 0 Å². The normalized spacial score (nSPS) is 22.9. The highest BCUT2D eigenvalue weighted by atomic mass is 35.5. The van der Waals surface area contributed by atoms with Gasteiger partial charge in [0.15, 0.2) is 5.82 Å². The van der Waals surface area contributed by atoms with Gasteiger partial charge in [-0.3, -0.25) is 0 Å². The van der Waals surface area contributed by atoms with Crippen molar-refractivity contribution in [2.24, 2.45) is 5.92 Å². The Hall–Kier alpha value is -1.55. The Balaban J connectivity index is 1.88. The molecule has 1 aliphatic rings. The van der Waals surface area contributed by atoms with Crippen molar-refractivity contribution in [1.82, 2.24) is 10.1 Å². The zero-order valence-electron chi connectivity index (χ0n) is 11.5. The smallest absolute Gasteiger partial charge is 0.259 e. The fourth-order valence-corrected chi connectivity index (χ4v) is 3.08. The largest absolute Gasteiger partial charge is 0.399 e. The topological polar surface area (TPSA) is 64.9 Å².